The predicted octanol–water partition coefficient (Wildman–Crippen LogP) is 3.90. The molecule has 1 nitrogen and oxygen atoms in total. The summed E-state index contributed by atoms with van der Waals surface area (Å²) in [6.07, 6.45) is 0. The van der Waals surface area contributed by atoms with Gasteiger partial charge in [-0.3, -0.25) is 4.21 Å². The van der Waals surface area contributed by atoms with Gasteiger partial charge in [0, 0.05) is 9.37 Å². The van der Waals surface area contributed by atoms with Gasteiger partial charge in [-0.05, 0) is 35.9 Å². The van der Waals surface area contributed by atoms with Crippen LogP contribution in [0.15, 0.2) is 57.9 Å². The summed E-state index contributed by atoms with van der Waals surface area (Å²) in [5.74, 6) is 0.0446. The van der Waals surface area contributed by atoms with Crippen molar-refractivity contribution >= 4 is 26.7 Å². The van der Waals surface area contributed by atoms with E-state index in [2.05, 4.69) is 15.9 Å². The zero-order chi connectivity index (χ0) is 12.3. The second-order valence-corrected chi connectivity index (χ2v) is 5.94. The summed E-state index contributed by atoms with van der Waals surface area (Å²) >= 11 is 3.34. The SMILES string of the molecule is O=S(Cc1ccc(Br)cc1)c1cccc(F)c1. The highest BCUT2D eigenvalue weighted by Gasteiger charge is 2.06. The Morgan fingerprint density at radius 3 is 2.47 bits per heavy atom. The number of benzene rings is 2. The maximum absolute atomic E-state index is 13.0. The van der Waals surface area contributed by atoms with Crippen LogP contribution < -0.4 is 0 Å². The van der Waals surface area contributed by atoms with Crippen LogP contribution in [0.25, 0.3) is 0 Å². The Morgan fingerprint density at radius 1 is 1.12 bits per heavy atom. The van der Waals surface area contributed by atoms with Crippen molar-refractivity contribution in [3.63, 3.8) is 0 Å². The first-order valence-electron chi connectivity index (χ1n) is 5.03. The maximum Gasteiger partial charge on any atom is 0.124 e. The van der Waals surface area contributed by atoms with Crippen LogP contribution in [0.5, 0.6) is 0 Å². The number of hydrogen-bond donors (Lipinski definition) is 0. The lowest BCUT2D eigenvalue weighted by molar-refractivity contribution is 0.622. The van der Waals surface area contributed by atoms with E-state index in [-0.39, 0.29) is 5.82 Å². The summed E-state index contributed by atoms with van der Waals surface area (Å²) in [7, 11) is -1.21. The molecule has 0 heterocycles. The summed E-state index contributed by atoms with van der Waals surface area (Å²) in [4.78, 5) is 0.521. The fourth-order valence-electron chi connectivity index (χ4n) is 1.42. The summed E-state index contributed by atoms with van der Waals surface area (Å²) in [5, 5.41) is 0. The van der Waals surface area contributed by atoms with E-state index in [0.29, 0.717) is 10.6 Å². The molecule has 1 unspecified atom stereocenters. The van der Waals surface area contributed by atoms with Gasteiger partial charge in [-0.1, -0.05) is 34.1 Å². The molecule has 0 saturated heterocycles. The van der Waals surface area contributed by atoms with E-state index in [4.69, 9.17) is 0 Å². The standard InChI is InChI=1S/C13H10BrFOS/c14-11-6-4-10(5-7-11)9-17(16)13-3-1-2-12(15)8-13/h1-8H,9H2. The van der Waals surface area contributed by atoms with E-state index in [1.54, 1.807) is 12.1 Å². The van der Waals surface area contributed by atoms with Gasteiger partial charge in [-0.25, -0.2) is 4.39 Å². The van der Waals surface area contributed by atoms with Crippen molar-refractivity contribution < 1.29 is 8.60 Å². The van der Waals surface area contributed by atoms with Crippen LogP contribution in [0.4, 0.5) is 4.39 Å². The van der Waals surface area contributed by atoms with Crippen LogP contribution in [-0.4, -0.2) is 4.21 Å². The van der Waals surface area contributed by atoms with Crippen molar-refractivity contribution in [2.24, 2.45) is 0 Å². The van der Waals surface area contributed by atoms with Crippen molar-refractivity contribution in [3.05, 3.63) is 64.4 Å². The Kier molecular flexibility index (Phi) is 4.07. The maximum atomic E-state index is 13.0. The molecule has 1 atom stereocenters. The molecule has 0 N–H and O–H groups in total. The van der Waals surface area contributed by atoms with Gasteiger partial charge in [0.25, 0.3) is 0 Å². The van der Waals surface area contributed by atoms with Crippen molar-refractivity contribution in [1.29, 1.82) is 0 Å². The van der Waals surface area contributed by atoms with Gasteiger partial charge in [-0.2, -0.15) is 0 Å². The van der Waals surface area contributed by atoms with Crippen molar-refractivity contribution in [2.75, 3.05) is 0 Å². The molecule has 2 rings (SSSR count). The van der Waals surface area contributed by atoms with E-state index in [9.17, 15) is 8.60 Å². The first-order valence-corrected chi connectivity index (χ1v) is 7.15. The molecule has 0 aliphatic rings. The van der Waals surface area contributed by atoms with E-state index in [1.165, 1.54) is 12.1 Å². The van der Waals surface area contributed by atoms with Crippen LogP contribution in [0.1, 0.15) is 5.56 Å². The summed E-state index contributed by atoms with van der Waals surface area (Å²) < 4.78 is 25.9. The lowest BCUT2D eigenvalue weighted by Crippen LogP contribution is -1.96. The van der Waals surface area contributed by atoms with Gasteiger partial charge >= 0.3 is 0 Å². The third-order valence-corrected chi connectivity index (χ3v) is 4.17. The van der Waals surface area contributed by atoms with Gasteiger partial charge in [0.05, 0.1) is 16.6 Å². The molecule has 0 aromatic heterocycles. The fourth-order valence-corrected chi connectivity index (χ4v) is 2.82. The van der Waals surface area contributed by atoms with Gasteiger partial charge < -0.3 is 0 Å². The summed E-state index contributed by atoms with van der Waals surface area (Å²) in [6, 6.07) is 13.5. The van der Waals surface area contributed by atoms with Gasteiger partial charge in [0.15, 0.2) is 0 Å². The van der Waals surface area contributed by atoms with Crippen LogP contribution >= 0.6 is 15.9 Å². The topological polar surface area (TPSA) is 17.1 Å². The smallest absolute Gasteiger partial charge is 0.124 e. The van der Waals surface area contributed by atoms with Crippen LogP contribution in [0.2, 0.25) is 0 Å². The third kappa shape index (κ3) is 3.48. The molecule has 0 aliphatic carbocycles. The Morgan fingerprint density at radius 2 is 1.82 bits per heavy atom. The summed E-state index contributed by atoms with van der Waals surface area (Å²) in [5.41, 5.74) is 0.968. The normalized spacial score (nSPS) is 12.4. The molecule has 0 aliphatic heterocycles. The van der Waals surface area contributed by atoms with E-state index in [0.717, 1.165) is 10.0 Å². The number of halogens is 2. The molecule has 0 amide bonds. The van der Waals surface area contributed by atoms with Gasteiger partial charge in [-0.15, -0.1) is 0 Å². The average molecular weight is 313 g/mol. The quantitative estimate of drug-likeness (QED) is 0.840. The highest BCUT2D eigenvalue weighted by molar-refractivity contribution is 9.10. The van der Waals surface area contributed by atoms with E-state index in [1.807, 2.05) is 24.3 Å². The average Bonchev–Trinajstić information content (AvgIpc) is 2.32. The first-order chi connectivity index (χ1) is 8.15. The zero-order valence-corrected chi connectivity index (χ0v) is 11.3. The molecule has 0 bridgehead atoms. The van der Waals surface area contributed by atoms with Crippen molar-refractivity contribution in [3.8, 4) is 0 Å². The molecule has 0 fully saturated rings. The predicted molar refractivity (Wildman–Crippen MR) is 70.7 cm³/mol. The minimum Gasteiger partial charge on any atom is -0.254 e. The zero-order valence-electron chi connectivity index (χ0n) is 8.90. The molecule has 0 saturated carbocycles. The summed E-state index contributed by atoms with van der Waals surface area (Å²) in [6.45, 7) is 0. The Hall–Kier alpha value is -1.00. The first kappa shape index (κ1) is 12.5. The Bertz CT molecular complexity index is 539. The molecule has 2 aromatic rings. The fraction of sp³-hybridized carbons (Fsp3) is 0.0769. The minimum atomic E-state index is -1.21. The molecule has 0 radical (unpaired) electrons. The monoisotopic (exact) mass is 312 g/mol. The molecule has 88 valence electrons. The second kappa shape index (κ2) is 5.56. The van der Waals surface area contributed by atoms with E-state index >= 15 is 0 Å². The molecular weight excluding hydrogens is 303 g/mol. The molecule has 2 aromatic carbocycles. The molecule has 0 spiro atoms. The van der Waals surface area contributed by atoms with Gasteiger partial charge in [0.2, 0.25) is 0 Å². The minimum absolute atomic E-state index is 0.355. The molecule has 17 heavy (non-hydrogen) atoms. The van der Waals surface area contributed by atoms with Crippen LogP contribution in [0.3, 0.4) is 0 Å². The molecular formula is C13H10BrFOS. The number of hydrogen-bond acceptors (Lipinski definition) is 1. The van der Waals surface area contributed by atoms with Crippen LogP contribution in [0, 0.1) is 5.82 Å². The number of rotatable bonds is 3. The van der Waals surface area contributed by atoms with Crippen molar-refractivity contribution in [2.45, 2.75) is 10.6 Å². The Balaban J connectivity index is 2.14. The highest BCUT2D eigenvalue weighted by Crippen LogP contribution is 2.16. The third-order valence-electron chi connectivity index (χ3n) is 2.27. The van der Waals surface area contributed by atoms with Gasteiger partial charge in [0.1, 0.15) is 5.82 Å². The van der Waals surface area contributed by atoms with Crippen LogP contribution in [-0.2, 0) is 16.6 Å². The largest absolute Gasteiger partial charge is 0.254 e. The lowest BCUT2D eigenvalue weighted by atomic mass is 10.2. The van der Waals surface area contributed by atoms with Crippen molar-refractivity contribution in [1.82, 2.24) is 0 Å². The second-order valence-electron chi connectivity index (χ2n) is 3.57. The lowest BCUT2D eigenvalue weighted by Gasteiger charge is -2.03. The van der Waals surface area contributed by atoms with E-state index < -0.39 is 10.8 Å². The Labute approximate surface area is 110 Å². The molecule has 4 heteroatoms. The highest BCUT2D eigenvalue weighted by atomic mass is 79.9.